The number of ether oxygens (including phenoxy) is 1. The zero-order valence-corrected chi connectivity index (χ0v) is 24.6. The van der Waals surface area contributed by atoms with Crippen LogP contribution in [0.4, 0.5) is 16.2 Å². The number of aliphatic hydroxyl groups is 1. The molecule has 2 atom stereocenters. The lowest BCUT2D eigenvalue weighted by molar-refractivity contribution is -0.161. The van der Waals surface area contributed by atoms with Crippen molar-refractivity contribution in [2.45, 2.75) is 43.1 Å². The summed E-state index contributed by atoms with van der Waals surface area (Å²) in [6.07, 6.45) is -0.800. The molecule has 0 bridgehead atoms. The summed E-state index contributed by atoms with van der Waals surface area (Å²) in [6.45, 7) is 3.25. The third-order valence-corrected chi connectivity index (χ3v) is 7.30. The molecule has 17 nitrogen and oxygen atoms in total. The van der Waals surface area contributed by atoms with Crippen LogP contribution in [0.25, 0.3) is 0 Å². The molecule has 0 aromatic heterocycles. The van der Waals surface area contributed by atoms with Crippen LogP contribution in [0.1, 0.15) is 13.8 Å². The van der Waals surface area contributed by atoms with Crippen LogP contribution >= 0.6 is 0 Å². The van der Waals surface area contributed by atoms with Gasteiger partial charge in [0.2, 0.25) is 17.0 Å². The molecule has 2 aromatic rings. The summed E-state index contributed by atoms with van der Waals surface area (Å²) < 4.78 is 5.55. The smallest absolute Gasteiger partial charge is 0.323 e. The lowest BCUT2D eigenvalue weighted by Crippen LogP contribution is -2.93. The molecule has 1 heterocycles. The number of anilines is 2. The van der Waals surface area contributed by atoms with Gasteiger partial charge in [0.1, 0.15) is 24.5 Å². The standard InChI is InChI=1S/C28H37N9O8/c1-15(2)34-12-18(38)14-45-19-10-8-16(9-11-19)35-26(44)36-13-20(21(29)39)37(17-6-4-3-5-7-17)28(24(32)42,25(33)43)27(36,22(30)40)23(31)41/h3-11,15,18,20,34,38H,12-14H2,1-2H3,(H2,29,39)(H2,30,40)(H2,31,41)(H2,32,42)(H2,33,43)(H,35,44)/t18-,20+/m1/s1. The molecule has 242 valence electrons. The zero-order chi connectivity index (χ0) is 33.7. The Kier molecular flexibility index (Phi) is 10.2. The molecular weight excluding hydrogens is 590 g/mol. The van der Waals surface area contributed by atoms with Crippen LogP contribution in [-0.2, 0) is 24.0 Å². The number of aliphatic hydroxyl groups excluding tert-OH is 1. The first kappa shape index (κ1) is 34.1. The van der Waals surface area contributed by atoms with Crippen molar-refractivity contribution in [3.05, 3.63) is 54.6 Å². The molecule has 45 heavy (non-hydrogen) atoms. The molecule has 1 aliphatic rings. The Morgan fingerprint density at radius 1 is 0.867 bits per heavy atom. The summed E-state index contributed by atoms with van der Waals surface area (Å²) in [6, 6.07) is 9.88. The van der Waals surface area contributed by atoms with E-state index in [1.165, 1.54) is 48.5 Å². The Labute approximate surface area is 258 Å². The van der Waals surface area contributed by atoms with Crippen molar-refractivity contribution in [2.75, 3.05) is 29.9 Å². The molecule has 0 saturated carbocycles. The van der Waals surface area contributed by atoms with Gasteiger partial charge in [0, 0.05) is 24.0 Å². The highest BCUT2D eigenvalue weighted by atomic mass is 16.5. The van der Waals surface area contributed by atoms with Gasteiger partial charge in [-0.25, -0.2) is 4.79 Å². The van der Waals surface area contributed by atoms with Gasteiger partial charge in [0.25, 0.3) is 23.6 Å². The molecule has 13 N–H and O–H groups in total. The average Bonchev–Trinajstić information content (AvgIpc) is 2.97. The number of piperazine rings is 1. The molecule has 3 rings (SSSR count). The minimum atomic E-state index is -3.36. The third kappa shape index (κ3) is 6.16. The van der Waals surface area contributed by atoms with Gasteiger partial charge >= 0.3 is 6.03 Å². The Bertz CT molecular complexity index is 1420. The Balaban J connectivity index is 2.08. The lowest BCUT2D eigenvalue weighted by atomic mass is 9.67. The predicted octanol–water partition coefficient (Wildman–Crippen LogP) is -2.95. The lowest BCUT2D eigenvalue weighted by Gasteiger charge is -2.59. The number of carbonyl (C=O) groups excluding carboxylic acids is 6. The number of hydrogen-bond acceptors (Lipinski definition) is 10. The van der Waals surface area contributed by atoms with Crippen molar-refractivity contribution in [3.8, 4) is 5.75 Å². The van der Waals surface area contributed by atoms with Gasteiger partial charge in [-0.2, -0.15) is 0 Å². The second kappa shape index (κ2) is 13.5. The maximum atomic E-state index is 13.8. The van der Waals surface area contributed by atoms with Gasteiger partial charge in [0.05, 0.1) is 6.54 Å². The fourth-order valence-electron chi connectivity index (χ4n) is 5.32. The van der Waals surface area contributed by atoms with Crippen LogP contribution in [0, 0.1) is 0 Å². The quantitative estimate of drug-likeness (QED) is 0.104. The molecule has 0 radical (unpaired) electrons. The number of primary amides is 5. The SMILES string of the molecule is CC(C)NC[C@@H](O)COc1ccc(NC(=O)N2C[C@@H](C(N)=O)N(c3ccccc3)C(C(N)=O)(C(N)=O)C2(C(N)=O)C(N)=O)cc1. The summed E-state index contributed by atoms with van der Waals surface area (Å²) >= 11 is 0. The van der Waals surface area contributed by atoms with Gasteiger partial charge in [-0.3, -0.25) is 28.9 Å². The number of urea groups is 1. The van der Waals surface area contributed by atoms with E-state index in [0.29, 0.717) is 22.1 Å². The maximum Gasteiger partial charge on any atom is 0.323 e. The van der Waals surface area contributed by atoms with Crippen LogP contribution in [-0.4, -0.2) is 94.5 Å². The van der Waals surface area contributed by atoms with Crippen LogP contribution in [0.2, 0.25) is 0 Å². The number of nitrogens with zero attached hydrogens (tertiary/aromatic N) is 2. The van der Waals surface area contributed by atoms with Crippen molar-refractivity contribution in [1.82, 2.24) is 10.2 Å². The summed E-state index contributed by atoms with van der Waals surface area (Å²) in [5.74, 6) is -7.76. The molecular formula is C28H37N9O8. The normalized spacial score (nSPS) is 17.6. The van der Waals surface area contributed by atoms with E-state index in [-0.39, 0.29) is 24.0 Å². The van der Waals surface area contributed by atoms with Crippen molar-refractivity contribution in [1.29, 1.82) is 0 Å². The number of para-hydroxylation sites is 1. The van der Waals surface area contributed by atoms with E-state index < -0.39 is 65.3 Å². The molecule has 7 amide bonds. The maximum absolute atomic E-state index is 13.8. The molecule has 0 unspecified atom stereocenters. The van der Waals surface area contributed by atoms with E-state index >= 15 is 0 Å². The molecule has 1 aliphatic heterocycles. The number of benzene rings is 2. The Morgan fingerprint density at radius 3 is 1.87 bits per heavy atom. The molecule has 2 aromatic carbocycles. The zero-order valence-electron chi connectivity index (χ0n) is 24.6. The third-order valence-electron chi connectivity index (χ3n) is 7.30. The number of nitrogens with two attached hydrogens (primary N) is 5. The topological polar surface area (TPSA) is 293 Å². The fourth-order valence-corrected chi connectivity index (χ4v) is 5.32. The van der Waals surface area contributed by atoms with E-state index in [1.807, 2.05) is 13.8 Å². The average molecular weight is 628 g/mol. The highest BCUT2D eigenvalue weighted by molar-refractivity contribution is 6.28. The van der Waals surface area contributed by atoms with Crippen molar-refractivity contribution < 1.29 is 38.6 Å². The highest BCUT2D eigenvalue weighted by Crippen LogP contribution is 2.43. The van der Waals surface area contributed by atoms with Crippen molar-refractivity contribution in [3.63, 3.8) is 0 Å². The number of carbonyl (C=O) groups is 6. The summed E-state index contributed by atoms with van der Waals surface area (Å²) in [5, 5.41) is 15.5. The molecule has 17 heteroatoms. The number of amides is 7. The minimum Gasteiger partial charge on any atom is -0.491 e. The summed E-state index contributed by atoms with van der Waals surface area (Å²) in [5.41, 5.74) is 21.8. The van der Waals surface area contributed by atoms with E-state index in [4.69, 9.17) is 33.4 Å². The summed E-state index contributed by atoms with van der Waals surface area (Å²) in [7, 11) is 0. The van der Waals surface area contributed by atoms with E-state index in [0.717, 1.165) is 0 Å². The van der Waals surface area contributed by atoms with Gasteiger partial charge < -0.3 is 54.0 Å². The van der Waals surface area contributed by atoms with Crippen LogP contribution < -0.4 is 48.9 Å². The van der Waals surface area contributed by atoms with Crippen LogP contribution in [0.3, 0.4) is 0 Å². The fraction of sp³-hybridized carbons (Fsp3) is 0.357. The number of rotatable bonds is 13. The van der Waals surface area contributed by atoms with E-state index in [9.17, 15) is 33.9 Å². The van der Waals surface area contributed by atoms with E-state index in [1.54, 1.807) is 6.07 Å². The second-order valence-corrected chi connectivity index (χ2v) is 10.6. The van der Waals surface area contributed by atoms with Gasteiger partial charge in [0.15, 0.2) is 0 Å². The Hall–Kier alpha value is -5.42. The summed E-state index contributed by atoms with van der Waals surface area (Å²) in [4.78, 5) is 81.1. The second-order valence-electron chi connectivity index (χ2n) is 10.6. The van der Waals surface area contributed by atoms with Crippen LogP contribution in [0.5, 0.6) is 5.75 Å². The first-order chi connectivity index (χ1) is 21.1. The Morgan fingerprint density at radius 2 is 1.40 bits per heavy atom. The van der Waals surface area contributed by atoms with Crippen molar-refractivity contribution in [2.24, 2.45) is 28.7 Å². The molecule has 1 saturated heterocycles. The van der Waals surface area contributed by atoms with E-state index in [2.05, 4.69) is 10.6 Å². The van der Waals surface area contributed by atoms with Gasteiger partial charge in [-0.05, 0) is 36.4 Å². The minimum absolute atomic E-state index is 0.0340. The highest BCUT2D eigenvalue weighted by Gasteiger charge is 2.78. The molecule has 0 aliphatic carbocycles. The monoisotopic (exact) mass is 627 g/mol. The van der Waals surface area contributed by atoms with Gasteiger partial charge in [-0.1, -0.05) is 32.0 Å². The van der Waals surface area contributed by atoms with Gasteiger partial charge in [-0.15, -0.1) is 0 Å². The molecule has 1 fully saturated rings. The number of nitrogens with one attached hydrogen (secondary N) is 2. The first-order valence-electron chi connectivity index (χ1n) is 13.7. The predicted molar refractivity (Wildman–Crippen MR) is 161 cm³/mol. The molecule has 0 spiro atoms. The number of hydrogen-bond donors (Lipinski definition) is 8. The van der Waals surface area contributed by atoms with Crippen LogP contribution in [0.15, 0.2) is 54.6 Å². The van der Waals surface area contributed by atoms with Crippen molar-refractivity contribution >= 4 is 46.9 Å². The largest absolute Gasteiger partial charge is 0.491 e. The first-order valence-corrected chi connectivity index (χ1v) is 13.7.